The Kier molecular flexibility index (Phi) is 5.14. The number of anilines is 1. The molecule has 5 nitrogen and oxygen atoms in total. The van der Waals surface area contributed by atoms with Gasteiger partial charge in [-0.05, 0) is 72.6 Å². The second kappa shape index (κ2) is 7.63. The molecule has 1 heterocycles. The quantitative estimate of drug-likeness (QED) is 0.627. The van der Waals surface area contributed by atoms with E-state index in [0.29, 0.717) is 11.3 Å². The van der Waals surface area contributed by atoms with Gasteiger partial charge in [0.05, 0.1) is 5.39 Å². The van der Waals surface area contributed by atoms with Crippen LogP contribution in [0.5, 0.6) is 5.75 Å². The molecule has 0 aliphatic heterocycles. The van der Waals surface area contributed by atoms with Gasteiger partial charge in [0, 0.05) is 11.3 Å². The summed E-state index contributed by atoms with van der Waals surface area (Å²) in [5, 5.41) is 3.69. The van der Waals surface area contributed by atoms with Crippen molar-refractivity contribution in [3.05, 3.63) is 69.1 Å². The van der Waals surface area contributed by atoms with Crippen LogP contribution >= 0.6 is 0 Å². The van der Waals surface area contributed by atoms with Crippen LogP contribution in [-0.2, 0) is 23.1 Å². The van der Waals surface area contributed by atoms with Gasteiger partial charge >= 0.3 is 5.63 Å². The highest BCUT2D eigenvalue weighted by molar-refractivity contribution is 5.93. The Morgan fingerprint density at radius 2 is 1.80 bits per heavy atom. The fourth-order valence-electron chi connectivity index (χ4n) is 4.01. The number of benzene rings is 2. The van der Waals surface area contributed by atoms with Crippen molar-refractivity contribution in [2.75, 3.05) is 11.9 Å². The largest absolute Gasteiger partial charge is 0.483 e. The van der Waals surface area contributed by atoms with Gasteiger partial charge in [0.2, 0.25) is 0 Å². The Bertz CT molecular complexity index is 1170. The first-order valence-corrected chi connectivity index (χ1v) is 10.3. The average Bonchev–Trinajstić information content (AvgIpc) is 3.16. The van der Waals surface area contributed by atoms with Crippen molar-refractivity contribution in [3.63, 3.8) is 0 Å². The molecule has 1 aromatic heterocycles. The first-order chi connectivity index (χ1) is 14.2. The van der Waals surface area contributed by atoms with Crippen LogP contribution in [0.25, 0.3) is 11.0 Å². The van der Waals surface area contributed by atoms with Crippen LogP contribution in [0.4, 0.5) is 5.69 Å². The number of ether oxygens (including phenoxy) is 1. The normalized spacial score (nSPS) is 13.3. The topological polar surface area (TPSA) is 68.5 Å². The molecule has 0 radical (unpaired) electrons. The smallest absolute Gasteiger partial charge is 0.339 e. The van der Waals surface area contributed by atoms with E-state index in [-0.39, 0.29) is 23.6 Å². The summed E-state index contributed by atoms with van der Waals surface area (Å²) in [6.45, 7) is 8.25. The molecule has 2 aromatic carbocycles. The van der Waals surface area contributed by atoms with Gasteiger partial charge in [0.1, 0.15) is 11.3 Å². The minimum atomic E-state index is -0.261. The van der Waals surface area contributed by atoms with Gasteiger partial charge in [0.25, 0.3) is 5.91 Å². The Morgan fingerprint density at radius 3 is 2.50 bits per heavy atom. The van der Waals surface area contributed by atoms with E-state index in [1.54, 1.807) is 0 Å². The predicted octanol–water partition coefficient (Wildman–Crippen LogP) is 4.91. The molecule has 1 N–H and O–H groups in total. The molecule has 0 fully saturated rings. The molecule has 0 saturated heterocycles. The van der Waals surface area contributed by atoms with Crippen molar-refractivity contribution in [1.29, 1.82) is 0 Å². The summed E-state index contributed by atoms with van der Waals surface area (Å²) in [4.78, 5) is 24.7. The van der Waals surface area contributed by atoms with Gasteiger partial charge in [-0.25, -0.2) is 4.79 Å². The van der Waals surface area contributed by atoms with Gasteiger partial charge in [-0.2, -0.15) is 0 Å². The Hall–Kier alpha value is -3.08. The molecule has 4 rings (SSSR count). The summed E-state index contributed by atoms with van der Waals surface area (Å²) >= 11 is 0. The van der Waals surface area contributed by atoms with Crippen LogP contribution in [0, 0.1) is 6.92 Å². The highest BCUT2D eigenvalue weighted by Gasteiger charge is 2.23. The molecule has 0 spiro atoms. The molecule has 1 aliphatic carbocycles. The maximum Gasteiger partial charge on any atom is 0.339 e. The summed E-state index contributed by atoms with van der Waals surface area (Å²) in [6, 6.07) is 11.6. The highest BCUT2D eigenvalue weighted by Crippen LogP contribution is 2.35. The first-order valence-electron chi connectivity index (χ1n) is 10.3. The van der Waals surface area contributed by atoms with E-state index in [4.69, 9.17) is 9.15 Å². The lowest BCUT2D eigenvalue weighted by Gasteiger charge is -2.19. The molecule has 0 atom stereocenters. The number of hydrogen-bond acceptors (Lipinski definition) is 4. The van der Waals surface area contributed by atoms with Gasteiger partial charge < -0.3 is 14.5 Å². The number of nitrogens with one attached hydrogen (secondary N) is 1. The lowest BCUT2D eigenvalue weighted by Crippen LogP contribution is -2.20. The summed E-state index contributed by atoms with van der Waals surface area (Å²) < 4.78 is 11.4. The molecule has 0 unspecified atom stereocenters. The van der Waals surface area contributed by atoms with E-state index in [1.807, 2.05) is 43.3 Å². The minimum Gasteiger partial charge on any atom is -0.483 e. The van der Waals surface area contributed by atoms with Crippen LogP contribution < -0.4 is 15.7 Å². The van der Waals surface area contributed by atoms with Crippen LogP contribution in [0.3, 0.4) is 0 Å². The highest BCUT2D eigenvalue weighted by atomic mass is 16.5. The van der Waals surface area contributed by atoms with Gasteiger partial charge in [-0.15, -0.1) is 0 Å². The number of carbonyl (C=O) groups is 1. The molecule has 5 heteroatoms. The third-order valence-electron chi connectivity index (χ3n) is 5.57. The molecular weight excluding hydrogens is 378 g/mol. The van der Waals surface area contributed by atoms with Crippen molar-refractivity contribution in [3.8, 4) is 5.75 Å². The standard InChI is InChI=1S/C25H27NO4/c1-15-12-20(23-18-6-5-7-19(18)24(28)30-21(23)13-15)29-14-22(27)26-17-10-8-16(9-11-17)25(2,3)4/h8-13H,5-7,14H2,1-4H3,(H,26,27). The van der Waals surface area contributed by atoms with Crippen LogP contribution in [-0.4, -0.2) is 12.5 Å². The fraction of sp³-hybridized carbons (Fsp3) is 0.360. The third-order valence-corrected chi connectivity index (χ3v) is 5.57. The Labute approximate surface area is 176 Å². The predicted molar refractivity (Wildman–Crippen MR) is 119 cm³/mol. The molecule has 156 valence electrons. The fourth-order valence-corrected chi connectivity index (χ4v) is 4.01. The SMILES string of the molecule is Cc1cc(OCC(=O)Nc2ccc(C(C)(C)C)cc2)c2c3c(c(=O)oc2c1)CCC3. The molecule has 30 heavy (non-hydrogen) atoms. The molecule has 1 aliphatic rings. The maximum atomic E-state index is 12.5. The molecule has 3 aromatic rings. The number of carbonyl (C=O) groups excluding carboxylic acids is 1. The Balaban J connectivity index is 1.53. The third kappa shape index (κ3) is 3.97. The van der Waals surface area contributed by atoms with Crippen molar-refractivity contribution in [2.24, 2.45) is 0 Å². The van der Waals surface area contributed by atoms with E-state index < -0.39 is 0 Å². The minimum absolute atomic E-state index is 0.0626. The van der Waals surface area contributed by atoms with Gasteiger partial charge in [0.15, 0.2) is 6.61 Å². The maximum absolute atomic E-state index is 12.5. The molecule has 0 bridgehead atoms. The van der Waals surface area contributed by atoms with E-state index >= 15 is 0 Å². The van der Waals surface area contributed by atoms with Gasteiger partial charge in [-0.3, -0.25) is 4.79 Å². The second-order valence-corrected chi connectivity index (χ2v) is 9.00. The average molecular weight is 405 g/mol. The van der Waals surface area contributed by atoms with Crippen molar-refractivity contribution >= 4 is 22.6 Å². The summed E-state index contributed by atoms with van der Waals surface area (Å²) in [7, 11) is 0. The summed E-state index contributed by atoms with van der Waals surface area (Å²) in [5.41, 5.74) is 4.91. The number of hydrogen-bond donors (Lipinski definition) is 1. The van der Waals surface area contributed by atoms with Crippen LogP contribution in [0.2, 0.25) is 0 Å². The van der Waals surface area contributed by atoms with Crippen LogP contribution in [0.1, 0.15) is 49.4 Å². The number of fused-ring (bicyclic) bond motifs is 3. The number of rotatable bonds is 4. The first kappa shape index (κ1) is 20.2. The molecule has 1 amide bonds. The summed E-state index contributed by atoms with van der Waals surface area (Å²) in [5.74, 6) is 0.354. The van der Waals surface area contributed by atoms with Crippen molar-refractivity contribution in [1.82, 2.24) is 0 Å². The second-order valence-electron chi connectivity index (χ2n) is 9.00. The van der Waals surface area contributed by atoms with E-state index in [0.717, 1.165) is 47.0 Å². The molecule has 0 saturated carbocycles. The monoisotopic (exact) mass is 405 g/mol. The van der Waals surface area contributed by atoms with E-state index in [9.17, 15) is 9.59 Å². The zero-order valence-corrected chi connectivity index (χ0v) is 17.9. The number of amides is 1. The zero-order valence-electron chi connectivity index (χ0n) is 17.9. The zero-order chi connectivity index (χ0) is 21.5. The van der Waals surface area contributed by atoms with Crippen molar-refractivity contribution < 1.29 is 13.9 Å². The molecular formula is C25H27NO4. The summed E-state index contributed by atoms with van der Waals surface area (Å²) in [6.07, 6.45) is 2.48. The van der Waals surface area contributed by atoms with Crippen molar-refractivity contribution in [2.45, 2.75) is 52.4 Å². The van der Waals surface area contributed by atoms with E-state index in [1.165, 1.54) is 5.56 Å². The lowest BCUT2D eigenvalue weighted by molar-refractivity contribution is -0.118. The van der Waals surface area contributed by atoms with Crippen LogP contribution in [0.15, 0.2) is 45.6 Å². The number of aryl methyl sites for hydroxylation is 2. The lowest BCUT2D eigenvalue weighted by atomic mass is 9.87. The Morgan fingerprint density at radius 1 is 1.10 bits per heavy atom. The van der Waals surface area contributed by atoms with E-state index in [2.05, 4.69) is 26.1 Å². The van der Waals surface area contributed by atoms with Gasteiger partial charge in [-0.1, -0.05) is 32.9 Å².